The van der Waals surface area contributed by atoms with Crippen molar-refractivity contribution in [3.05, 3.63) is 0 Å². The van der Waals surface area contributed by atoms with E-state index in [9.17, 15) is 49.2 Å². The lowest BCUT2D eigenvalue weighted by Crippen LogP contribution is -2.67. The zero-order chi connectivity index (χ0) is 31.1. The standard InChI is InChI=1S/C26H45N3O10/c1-10-14(4)19(29-9)20(32)24(6,37)17(31)12-25(38,21(33)18(28-8)13(2)3)22(34)26(39,23(35)36)11-16(30)15(5)27-7/h13-15,18-19,27-29,37-39H,10-12H2,1-9H3,(H,35,36)/t14?,15-,18-,19-,24?,25?,26?/m0/s1. The Hall–Kier alpha value is -2.42. The Morgan fingerprint density at radius 3 is 1.59 bits per heavy atom. The van der Waals surface area contributed by atoms with Crippen molar-refractivity contribution in [1.29, 1.82) is 0 Å². The average molecular weight is 560 g/mol. The number of carboxylic acid groups (broad SMARTS) is 1. The van der Waals surface area contributed by atoms with Crippen LogP contribution in [0.4, 0.5) is 0 Å². The Morgan fingerprint density at radius 2 is 1.23 bits per heavy atom. The van der Waals surface area contributed by atoms with E-state index in [0.717, 1.165) is 6.92 Å². The largest absolute Gasteiger partial charge is 0.479 e. The maximum Gasteiger partial charge on any atom is 0.344 e. The molecule has 0 saturated heterocycles. The van der Waals surface area contributed by atoms with Gasteiger partial charge in [-0.15, -0.1) is 0 Å². The van der Waals surface area contributed by atoms with Crippen molar-refractivity contribution in [3.8, 4) is 0 Å². The van der Waals surface area contributed by atoms with Gasteiger partial charge in [-0.25, -0.2) is 4.79 Å². The van der Waals surface area contributed by atoms with Gasteiger partial charge in [0, 0.05) is 0 Å². The molecule has 7 atom stereocenters. The molecule has 0 heterocycles. The van der Waals surface area contributed by atoms with Gasteiger partial charge in [-0.05, 0) is 46.8 Å². The van der Waals surface area contributed by atoms with E-state index in [0.29, 0.717) is 6.42 Å². The quantitative estimate of drug-likeness (QED) is 0.0887. The molecule has 224 valence electrons. The molecule has 13 nitrogen and oxygen atoms in total. The highest BCUT2D eigenvalue weighted by Gasteiger charge is 2.61. The van der Waals surface area contributed by atoms with Crippen molar-refractivity contribution in [2.75, 3.05) is 21.1 Å². The molecule has 0 aliphatic heterocycles. The number of carboxylic acids is 1. The van der Waals surface area contributed by atoms with Crippen molar-refractivity contribution in [1.82, 2.24) is 16.0 Å². The number of carbonyl (C=O) groups excluding carboxylic acids is 5. The third-order valence-corrected chi connectivity index (χ3v) is 7.36. The molecule has 0 aliphatic carbocycles. The average Bonchev–Trinajstić information content (AvgIpc) is 2.87. The van der Waals surface area contributed by atoms with Crippen molar-refractivity contribution in [2.45, 2.75) is 95.7 Å². The maximum absolute atomic E-state index is 13.6. The van der Waals surface area contributed by atoms with Crippen LogP contribution in [0.1, 0.15) is 60.8 Å². The molecule has 0 rings (SSSR count). The SMILES string of the molecule is CCC(C)[C@H](NC)C(=O)C(C)(O)C(=O)CC(O)(C(=O)[C@@H](NC)C(C)C)C(=O)C(O)(CC(=O)[C@H](C)NC)C(=O)O. The second kappa shape index (κ2) is 14.3. The van der Waals surface area contributed by atoms with Crippen molar-refractivity contribution >= 4 is 34.9 Å². The summed E-state index contributed by atoms with van der Waals surface area (Å²) in [6, 6.07) is -3.33. The Labute approximate surface area is 229 Å². The summed E-state index contributed by atoms with van der Waals surface area (Å²) in [5.74, 6) is -9.95. The van der Waals surface area contributed by atoms with Gasteiger partial charge in [0.15, 0.2) is 34.3 Å². The van der Waals surface area contributed by atoms with Crippen LogP contribution in [0.3, 0.4) is 0 Å². The molecule has 0 aromatic heterocycles. The van der Waals surface area contributed by atoms with E-state index in [-0.39, 0.29) is 5.92 Å². The first-order valence-corrected chi connectivity index (χ1v) is 12.9. The summed E-state index contributed by atoms with van der Waals surface area (Å²) in [5.41, 5.74) is -9.94. The van der Waals surface area contributed by atoms with Gasteiger partial charge in [0.25, 0.3) is 0 Å². The summed E-state index contributed by atoms with van der Waals surface area (Å²) >= 11 is 0. The van der Waals surface area contributed by atoms with Gasteiger partial charge in [-0.3, -0.25) is 24.0 Å². The summed E-state index contributed by atoms with van der Waals surface area (Å²) < 4.78 is 0. The van der Waals surface area contributed by atoms with Crippen LogP contribution in [0.15, 0.2) is 0 Å². The molecule has 0 fully saturated rings. The molecule has 0 aliphatic rings. The van der Waals surface area contributed by atoms with Crippen LogP contribution in [0.2, 0.25) is 0 Å². The van der Waals surface area contributed by atoms with E-state index in [1.807, 2.05) is 0 Å². The second-order valence-corrected chi connectivity index (χ2v) is 10.6. The monoisotopic (exact) mass is 559 g/mol. The highest BCUT2D eigenvalue weighted by Crippen LogP contribution is 2.30. The summed E-state index contributed by atoms with van der Waals surface area (Å²) in [6.07, 6.45) is -2.37. The Balaban J connectivity index is 6.93. The topological polar surface area (TPSA) is 219 Å². The minimum Gasteiger partial charge on any atom is -0.479 e. The lowest BCUT2D eigenvalue weighted by atomic mass is 9.71. The molecular formula is C26H45N3O10. The van der Waals surface area contributed by atoms with Gasteiger partial charge in [-0.1, -0.05) is 34.1 Å². The second-order valence-electron chi connectivity index (χ2n) is 10.6. The number of hydrogen-bond acceptors (Lipinski definition) is 12. The summed E-state index contributed by atoms with van der Waals surface area (Å²) in [5, 5.41) is 51.0. The molecule has 0 radical (unpaired) electrons. The third-order valence-electron chi connectivity index (χ3n) is 7.36. The number of carbonyl (C=O) groups is 6. The van der Waals surface area contributed by atoms with Crippen LogP contribution >= 0.6 is 0 Å². The van der Waals surface area contributed by atoms with E-state index in [1.165, 1.54) is 41.9 Å². The molecule has 0 spiro atoms. The van der Waals surface area contributed by atoms with E-state index in [4.69, 9.17) is 0 Å². The number of Topliss-reactive ketones (excluding diaryl/α,β-unsaturated/α-hetero) is 5. The van der Waals surface area contributed by atoms with Crippen molar-refractivity contribution in [3.63, 3.8) is 0 Å². The lowest BCUT2D eigenvalue weighted by molar-refractivity contribution is -0.181. The van der Waals surface area contributed by atoms with E-state index in [1.54, 1.807) is 13.8 Å². The van der Waals surface area contributed by atoms with Gasteiger partial charge >= 0.3 is 5.97 Å². The van der Waals surface area contributed by atoms with Gasteiger partial charge in [-0.2, -0.15) is 0 Å². The predicted octanol–water partition coefficient (Wildman–Crippen LogP) is -1.60. The summed E-state index contributed by atoms with van der Waals surface area (Å²) in [7, 11) is 4.13. The fourth-order valence-electron chi connectivity index (χ4n) is 4.22. The normalized spacial score (nSPS) is 19.5. The lowest BCUT2D eigenvalue weighted by Gasteiger charge is -2.37. The minimum absolute atomic E-state index is 0.337. The van der Waals surface area contributed by atoms with E-state index >= 15 is 0 Å². The van der Waals surface area contributed by atoms with Gasteiger partial charge in [0.1, 0.15) is 0 Å². The van der Waals surface area contributed by atoms with Crippen LogP contribution in [-0.2, 0) is 28.8 Å². The van der Waals surface area contributed by atoms with Crippen molar-refractivity contribution < 1.29 is 49.2 Å². The number of aliphatic hydroxyl groups is 3. The number of hydrogen-bond donors (Lipinski definition) is 7. The molecule has 13 heteroatoms. The Bertz CT molecular complexity index is 950. The number of rotatable bonds is 19. The molecular weight excluding hydrogens is 514 g/mol. The fourth-order valence-corrected chi connectivity index (χ4v) is 4.22. The molecule has 0 amide bonds. The molecule has 0 aromatic rings. The van der Waals surface area contributed by atoms with Crippen LogP contribution in [0.5, 0.6) is 0 Å². The third kappa shape index (κ3) is 7.83. The Kier molecular flexibility index (Phi) is 13.4. The first-order valence-electron chi connectivity index (χ1n) is 12.9. The first-order chi connectivity index (χ1) is 17.7. The van der Waals surface area contributed by atoms with Gasteiger partial charge in [0.2, 0.25) is 11.4 Å². The highest BCUT2D eigenvalue weighted by molar-refractivity contribution is 6.25. The molecule has 0 bridgehead atoms. The molecule has 39 heavy (non-hydrogen) atoms. The highest BCUT2D eigenvalue weighted by atomic mass is 16.4. The molecule has 0 saturated carbocycles. The summed E-state index contributed by atoms with van der Waals surface area (Å²) in [4.78, 5) is 78.2. The fraction of sp³-hybridized carbons (Fsp3) is 0.769. The first kappa shape index (κ1) is 36.6. The van der Waals surface area contributed by atoms with E-state index in [2.05, 4.69) is 16.0 Å². The Morgan fingerprint density at radius 1 is 0.744 bits per heavy atom. The van der Waals surface area contributed by atoms with Crippen molar-refractivity contribution in [2.24, 2.45) is 11.8 Å². The van der Waals surface area contributed by atoms with Crippen LogP contribution in [-0.4, -0.2) is 111 Å². The van der Waals surface area contributed by atoms with Crippen LogP contribution in [0.25, 0.3) is 0 Å². The minimum atomic E-state index is -3.61. The predicted molar refractivity (Wildman–Crippen MR) is 141 cm³/mol. The number of aliphatic carboxylic acids is 1. The smallest absolute Gasteiger partial charge is 0.344 e. The number of likely N-dealkylation sites (N-methyl/N-ethyl adjacent to an activating group) is 3. The van der Waals surface area contributed by atoms with Crippen LogP contribution < -0.4 is 16.0 Å². The van der Waals surface area contributed by atoms with Crippen LogP contribution in [0, 0.1) is 11.8 Å². The van der Waals surface area contributed by atoms with Gasteiger partial charge in [0.05, 0.1) is 31.0 Å². The zero-order valence-electron chi connectivity index (χ0n) is 24.2. The van der Waals surface area contributed by atoms with Gasteiger partial charge < -0.3 is 36.4 Å². The molecule has 0 aromatic carbocycles. The molecule has 7 N–H and O–H groups in total. The number of nitrogens with one attached hydrogen (secondary N) is 3. The summed E-state index contributed by atoms with van der Waals surface area (Å²) in [6.45, 7) is 8.73. The molecule has 4 unspecified atom stereocenters. The zero-order valence-corrected chi connectivity index (χ0v) is 24.2. The van der Waals surface area contributed by atoms with E-state index < -0.39 is 88.6 Å². The number of ketones is 5. The maximum atomic E-state index is 13.6.